The van der Waals surface area contributed by atoms with Gasteiger partial charge in [-0.3, -0.25) is 4.57 Å². The van der Waals surface area contributed by atoms with Crippen LogP contribution in [0, 0.1) is 0 Å². The third-order valence-corrected chi connectivity index (χ3v) is 8.60. The minimum Gasteiger partial charge on any atom is -0.461 e. The lowest BCUT2D eigenvalue weighted by molar-refractivity contribution is 0.0520. The fourth-order valence-corrected chi connectivity index (χ4v) is 6.76. The van der Waals surface area contributed by atoms with Crippen LogP contribution in [0.3, 0.4) is 0 Å². The van der Waals surface area contributed by atoms with Gasteiger partial charge in [-0.2, -0.15) is 0 Å². The van der Waals surface area contributed by atoms with Gasteiger partial charge in [0.1, 0.15) is 5.69 Å². The van der Waals surface area contributed by atoms with Gasteiger partial charge in [-0.1, -0.05) is 23.2 Å². The summed E-state index contributed by atoms with van der Waals surface area (Å²) in [6.07, 6.45) is 0. The average molecular weight is 507 g/mol. The monoisotopic (exact) mass is 506 g/mol. The molecule has 1 heterocycles. The summed E-state index contributed by atoms with van der Waals surface area (Å²) in [5.41, 5.74) is 0.833. The fourth-order valence-electron chi connectivity index (χ4n) is 2.85. The molecular weight excluding hydrogens is 490 g/mol. The topological polar surface area (TPSA) is 146 Å². The van der Waals surface area contributed by atoms with Crippen LogP contribution in [0.25, 0.3) is 10.9 Å². The van der Waals surface area contributed by atoms with Crippen molar-refractivity contribution in [1.29, 1.82) is 0 Å². The van der Waals surface area contributed by atoms with Gasteiger partial charge in [0.2, 0.25) is 15.0 Å². The highest BCUT2D eigenvalue weighted by Crippen LogP contribution is 2.46. The summed E-state index contributed by atoms with van der Waals surface area (Å²) in [6.45, 7) is 1.86. The van der Waals surface area contributed by atoms with E-state index in [0.717, 1.165) is 12.1 Å². The molecule has 0 spiro atoms. The van der Waals surface area contributed by atoms with Gasteiger partial charge in [-0.15, -0.1) is 0 Å². The van der Waals surface area contributed by atoms with E-state index in [1.807, 2.05) is 0 Å². The normalized spacial score (nSPS) is 13.2. The van der Waals surface area contributed by atoms with Crippen LogP contribution in [-0.2, 0) is 19.1 Å². The lowest BCUT2D eigenvalue weighted by Gasteiger charge is -2.21. The Morgan fingerprint density at radius 3 is 2.39 bits per heavy atom. The Labute approximate surface area is 187 Å². The second-order valence-corrected chi connectivity index (χ2v) is 11.4. The molecule has 9 nitrogen and oxygen atoms in total. The number of sulfone groups is 1. The number of halogens is 2. The highest BCUT2D eigenvalue weighted by atomic mass is 35.5. The molecule has 13 heteroatoms. The molecule has 3 aromatic rings. The second-order valence-electron chi connectivity index (χ2n) is 6.44. The first-order valence-corrected chi connectivity index (χ1v) is 12.7. The minimum absolute atomic E-state index is 0.00391. The zero-order valence-corrected chi connectivity index (χ0v) is 19.1. The molecular formula is C18H17Cl2N2O7PS. The van der Waals surface area contributed by atoms with Gasteiger partial charge in [0.15, 0.2) is 0 Å². The number of nitrogens with one attached hydrogen (secondary N) is 2. The van der Waals surface area contributed by atoms with Crippen molar-refractivity contribution in [1.82, 2.24) is 4.98 Å². The highest BCUT2D eigenvalue weighted by Gasteiger charge is 2.42. The van der Waals surface area contributed by atoms with Crippen molar-refractivity contribution in [2.45, 2.75) is 16.9 Å². The van der Waals surface area contributed by atoms with Gasteiger partial charge in [0.05, 0.1) is 11.5 Å². The molecule has 4 N–H and O–H groups in total. The van der Waals surface area contributed by atoms with E-state index in [1.165, 1.54) is 30.3 Å². The number of aromatic nitrogens is 1. The van der Waals surface area contributed by atoms with Gasteiger partial charge in [0.25, 0.3) is 0 Å². The average Bonchev–Trinajstić information content (AvgIpc) is 3.08. The maximum atomic E-state index is 13.0. The zero-order chi connectivity index (χ0) is 23.0. The largest absolute Gasteiger partial charge is 0.461 e. The zero-order valence-electron chi connectivity index (χ0n) is 15.9. The molecule has 1 atom stereocenters. The SMILES string of the molecule is CCOC(=O)c1cc2cc(NC(P(=O)(O)O)S(=O)(=O)c3cc(Cl)cc(Cl)c3)ccc2[nH]1. The summed E-state index contributed by atoms with van der Waals surface area (Å²) in [5.74, 6) is -0.568. The number of esters is 1. The van der Waals surface area contributed by atoms with Gasteiger partial charge in [0, 0.05) is 26.6 Å². The van der Waals surface area contributed by atoms with E-state index in [4.69, 9.17) is 27.9 Å². The van der Waals surface area contributed by atoms with E-state index in [2.05, 4.69) is 10.3 Å². The smallest absolute Gasteiger partial charge is 0.363 e. The Morgan fingerprint density at radius 1 is 1.16 bits per heavy atom. The van der Waals surface area contributed by atoms with Crippen LogP contribution in [0.15, 0.2) is 47.4 Å². The Bertz CT molecular complexity index is 1280. The van der Waals surface area contributed by atoms with Crippen LogP contribution >= 0.6 is 30.8 Å². The molecule has 0 amide bonds. The van der Waals surface area contributed by atoms with Crippen molar-refractivity contribution in [3.8, 4) is 0 Å². The first-order valence-electron chi connectivity index (χ1n) is 8.73. The van der Waals surface area contributed by atoms with Gasteiger partial charge < -0.3 is 24.8 Å². The number of H-pyrrole nitrogens is 1. The molecule has 0 aliphatic heterocycles. The van der Waals surface area contributed by atoms with Crippen molar-refractivity contribution in [2.75, 3.05) is 11.9 Å². The van der Waals surface area contributed by atoms with E-state index in [9.17, 15) is 27.6 Å². The van der Waals surface area contributed by atoms with Crippen molar-refractivity contribution in [3.63, 3.8) is 0 Å². The second kappa shape index (κ2) is 8.82. The van der Waals surface area contributed by atoms with Crippen LogP contribution < -0.4 is 5.32 Å². The van der Waals surface area contributed by atoms with Crippen LogP contribution in [-0.4, -0.2) is 40.9 Å². The first kappa shape index (κ1) is 23.6. The molecule has 0 aliphatic rings. The third kappa shape index (κ3) is 5.23. The maximum absolute atomic E-state index is 13.0. The molecule has 0 saturated heterocycles. The van der Waals surface area contributed by atoms with Crippen molar-refractivity contribution >= 4 is 63.2 Å². The van der Waals surface area contributed by atoms with Crippen LogP contribution in [0.2, 0.25) is 10.0 Å². The van der Waals surface area contributed by atoms with Gasteiger partial charge in [-0.25, -0.2) is 13.2 Å². The molecule has 0 fully saturated rings. The number of hydrogen-bond donors (Lipinski definition) is 4. The number of carbonyl (C=O) groups is 1. The Hall–Kier alpha value is -2.07. The Kier molecular flexibility index (Phi) is 6.71. The molecule has 31 heavy (non-hydrogen) atoms. The number of rotatable bonds is 7. The standard InChI is InChI=1S/C18H17Cl2N2O7PS/c1-2-29-17(23)16-6-10-5-13(3-4-15(10)22-16)21-18(30(24,25)26)31(27,28)14-8-11(19)7-12(20)9-14/h3-9,18,21-22H,2H2,1H3,(H2,24,25,26). The number of carbonyl (C=O) groups excluding carboxylic acids is 1. The number of anilines is 1. The lowest BCUT2D eigenvalue weighted by Crippen LogP contribution is -2.29. The summed E-state index contributed by atoms with van der Waals surface area (Å²) in [4.78, 5) is 33.8. The summed E-state index contributed by atoms with van der Waals surface area (Å²) in [7, 11) is -9.80. The third-order valence-electron chi connectivity index (χ3n) is 4.17. The highest BCUT2D eigenvalue weighted by molar-refractivity contribution is 7.98. The minimum atomic E-state index is -5.21. The molecule has 0 radical (unpaired) electrons. The van der Waals surface area contributed by atoms with E-state index in [0.29, 0.717) is 10.9 Å². The van der Waals surface area contributed by atoms with Gasteiger partial charge >= 0.3 is 13.6 Å². The van der Waals surface area contributed by atoms with Crippen LogP contribution in [0.1, 0.15) is 17.4 Å². The Balaban J connectivity index is 2.00. The van der Waals surface area contributed by atoms with E-state index in [-0.39, 0.29) is 28.0 Å². The maximum Gasteiger partial charge on any atom is 0.363 e. The van der Waals surface area contributed by atoms with E-state index >= 15 is 0 Å². The molecule has 3 rings (SSSR count). The predicted octanol–water partition coefficient (Wildman–Crippen LogP) is 4.00. The molecule has 166 valence electrons. The quantitative estimate of drug-likeness (QED) is 0.277. The molecule has 0 saturated carbocycles. The number of ether oxygens (including phenoxy) is 1. The van der Waals surface area contributed by atoms with Crippen molar-refractivity contribution < 1.29 is 32.3 Å². The van der Waals surface area contributed by atoms with Crippen molar-refractivity contribution in [2.24, 2.45) is 0 Å². The number of fused-ring (bicyclic) bond motifs is 1. The summed E-state index contributed by atoms with van der Waals surface area (Å²) >= 11 is 11.7. The summed E-state index contributed by atoms with van der Waals surface area (Å²) < 4.78 is 42.9. The van der Waals surface area contributed by atoms with Crippen molar-refractivity contribution in [3.05, 3.63) is 58.2 Å². The Morgan fingerprint density at radius 2 is 1.81 bits per heavy atom. The summed E-state index contributed by atoms with van der Waals surface area (Å²) in [6, 6.07) is 9.26. The molecule has 0 bridgehead atoms. The van der Waals surface area contributed by atoms with Crippen LogP contribution in [0.5, 0.6) is 0 Å². The fraction of sp³-hybridized carbons (Fsp3) is 0.167. The predicted molar refractivity (Wildman–Crippen MR) is 117 cm³/mol. The molecule has 2 aromatic carbocycles. The van der Waals surface area contributed by atoms with E-state index in [1.54, 1.807) is 6.92 Å². The number of aromatic amines is 1. The van der Waals surface area contributed by atoms with Gasteiger partial charge in [-0.05, 0) is 49.4 Å². The first-order chi connectivity index (χ1) is 14.4. The number of hydrogen-bond acceptors (Lipinski definition) is 6. The van der Waals surface area contributed by atoms with E-state index < -0.39 is 33.4 Å². The molecule has 1 unspecified atom stereocenters. The molecule has 1 aromatic heterocycles. The van der Waals surface area contributed by atoms with Crippen LogP contribution in [0.4, 0.5) is 5.69 Å². The molecule has 0 aliphatic carbocycles. The summed E-state index contributed by atoms with van der Waals surface area (Å²) in [5, 5.41) is 0.582. The lowest BCUT2D eigenvalue weighted by atomic mass is 10.2. The number of benzene rings is 2.